The van der Waals surface area contributed by atoms with Gasteiger partial charge in [-0.3, -0.25) is 4.90 Å². The van der Waals surface area contributed by atoms with Gasteiger partial charge in [-0.15, -0.1) is 0 Å². The lowest BCUT2D eigenvalue weighted by Crippen LogP contribution is -2.36. The molecule has 1 aromatic heterocycles. The third-order valence-corrected chi connectivity index (χ3v) is 5.25. The molecule has 3 rings (SSSR count). The van der Waals surface area contributed by atoms with Crippen molar-refractivity contribution in [1.29, 1.82) is 0 Å². The largest absolute Gasteiger partial charge is 0.493 e. The minimum Gasteiger partial charge on any atom is -0.493 e. The van der Waals surface area contributed by atoms with Gasteiger partial charge in [0.05, 0.1) is 13.7 Å². The first-order chi connectivity index (χ1) is 14.1. The monoisotopic (exact) mass is 402 g/mol. The predicted octanol–water partition coefficient (Wildman–Crippen LogP) is 2.67. The second kappa shape index (κ2) is 11.2. The van der Waals surface area contributed by atoms with Crippen LogP contribution in [0.5, 0.6) is 11.5 Å². The molecule has 0 unspecified atom stereocenters. The normalized spacial score (nSPS) is 16.6. The number of nitrogens with one attached hydrogen (secondary N) is 1. The zero-order valence-corrected chi connectivity index (χ0v) is 17.6. The number of aromatic amines is 1. The van der Waals surface area contributed by atoms with E-state index in [9.17, 15) is 5.11 Å². The number of ether oxygens (including phenoxy) is 2. The summed E-state index contributed by atoms with van der Waals surface area (Å²) in [7, 11) is 3.70. The van der Waals surface area contributed by atoms with E-state index in [2.05, 4.69) is 26.8 Å². The summed E-state index contributed by atoms with van der Waals surface area (Å²) >= 11 is 0. The smallest absolute Gasteiger partial charge is 0.161 e. The Bertz CT molecular complexity index is 715. The SMILES string of the molecule is COc1cc(CN(C)Cc2ncc[nH]2)ccc1OC[C@@H](O)CN1CCCCCC1. The van der Waals surface area contributed by atoms with E-state index < -0.39 is 6.10 Å². The summed E-state index contributed by atoms with van der Waals surface area (Å²) in [4.78, 5) is 11.9. The molecule has 29 heavy (non-hydrogen) atoms. The van der Waals surface area contributed by atoms with Crippen LogP contribution in [0.15, 0.2) is 30.6 Å². The van der Waals surface area contributed by atoms with Crippen molar-refractivity contribution in [1.82, 2.24) is 19.8 Å². The Morgan fingerprint density at radius 3 is 2.66 bits per heavy atom. The number of β-amino-alcohol motifs (C(OH)–C–C–N with tert-alkyl or cyclic N) is 1. The highest BCUT2D eigenvalue weighted by Gasteiger charge is 2.15. The lowest BCUT2D eigenvalue weighted by atomic mass is 10.2. The highest BCUT2D eigenvalue weighted by molar-refractivity contribution is 5.43. The van der Waals surface area contributed by atoms with Crippen LogP contribution in [0.25, 0.3) is 0 Å². The van der Waals surface area contributed by atoms with E-state index >= 15 is 0 Å². The van der Waals surface area contributed by atoms with E-state index in [4.69, 9.17) is 9.47 Å². The van der Waals surface area contributed by atoms with Crippen LogP contribution in [0.1, 0.15) is 37.1 Å². The molecule has 7 nitrogen and oxygen atoms in total. The average Bonchev–Trinajstić information content (AvgIpc) is 3.08. The van der Waals surface area contributed by atoms with Gasteiger partial charge in [0, 0.05) is 25.5 Å². The number of likely N-dealkylation sites (tertiary alicyclic amines) is 1. The molecule has 7 heteroatoms. The number of nitrogens with zero attached hydrogens (tertiary/aromatic N) is 3. The van der Waals surface area contributed by atoms with Gasteiger partial charge in [0.2, 0.25) is 0 Å². The third kappa shape index (κ3) is 7.03. The van der Waals surface area contributed by atoms with Crippen molar-refractivity contribution in [3.63, 3.8) is 0 Å². The number of methoxy groups -OCH3 is 1. The van der Waals surface area contributed by atoms with E-state index in [1.165, 1.54) is 25.7 Å². The van der Waals surface area contributed by atoms with Crippen molar-refractivity contribution in [3.05, 3.63) is 42.0 Å². The molecule has 1 atom stereocenters. The molecule has 160 valence electrons. The molecule has 2 heterocycles. The number of hydrogen-bond donors (Lipinski definition) is 2. The summed E-state index contributed by atoms with van der Waals surface area (Å²) in [6, 6.07) is 5.96. The Balaban J connectivity index is 1.50. The highest BCUT2D eigenvalue weighted by atomic mass is 16.5. The molecule has 0 saturated carbocycles. The first-order valence-electron chi connectivity index (χ1n) is 10.5. The number of benzene rings is 1. The van der Waals surface area contributed by atoms with E-state index in [-0.39, 0.29) is 6.61 Å². The summed E-state index contributed by atoms with van der Waals surface area (Å²) in [6.45, 7) is 4.59. The van der Waals surface area contributed by atoms with Crippen molar-refractivity contribution in [2.24, 2.45) is 0 Å². The second-order valence-corrected chi connectivity index (χ2v) is 7.87. The van der Waals surface area contributed by atoms with Gasteiger partial charge < -0.3 is 24.5 Å². The minimum absolute atomic E-state index is 0.268. The topological polar surface area (TPSA) is 73.8 Å². The van der Waals surface area contributed by atoms with Gasteiger partial charge in [-0.1, -0.05) is 18.9 Å². The first-order valence-corrected chi connectivity index (χ1v) is 10.5. The first kappa shape index (κ1) is 21.6. The zero-order valence-electron chi connectivity index (χ0n) is 17.6. The summed E-state index contributed by atoms with van der Waals surface area (Å²) in [5.41, 5.74) is 1.13. The van der Waals surface area contributed by atoms with Gasteiger partial charge in [-0.25, -0.2) is 4.98 Å². The van der Waals surface area contributed by atoms with Gasteiger partial charge >= 0.3 is 0 Å². The fourth-order valence-electron chi connectivity index (χ4n) is 3.79. The standard InChI is InChI=1S/C22H34N4O3/c1-25(16-22-23-9-10-24-22)14-18-7-8-20(21(13-18)28-2)29-17-19(27)15-26-11-5-3-4-6-12-26/h7-10,13,19,27H,3-6,11-12,14-17H2,1-2H3,(H,23,24)/t19-/m0/s1. The van der Waals surface area contributed by atoms with Crippen LogP contribution in [0, 0.1) is 0 Å². The molecule has 1 saturated heterocycles. The molecule has 0 spiro atoms. The van der Waals surface area contributed by atoms with E-state index in [1.54, 1.807) is 13.3 Å². The van der Waals surface area contributed by atoms with Crippen molar-refractivity contribution in [2.45, 2.75) is 44.9 Å². The molecule has 2 aromatic rings. The van der Waals surface area contributed by atoms with Gasteiger partial charge in [0.1, 0.15) is 18.5 Å². The van der Waals surface area contributed by atoms with Crippen molar-refractivity contribution < 1.29 is 14.6 Å². The number of aliphatic hydroxyl groups excluding tert-OH is 1. The van der Waals surface area contributed by atoms with Crippen LogP contribution < -0.4 is 9.47 Å². The van der Waals surface area contributed by atoms with Crippen LogP contribution in [0.2, 0.25) is 0 Å². The van der Waals surface area contributed by atoms with Gasteiger partial charge in [0.15, 0.2) is 11.5 Å². The second-order valence-electron chi connectivity index (χ2n) is 7.87. The number of hydrogen-bond acceptors (Lipinski definition) is 6. The average molecular weight is 403 g/mol. The Morgan fingerprint density at radius 1 is 1.17 bits per heavy atom. The number of imidazole rings is 1. The van der Waals surface area contributed by atoms with Crippen LogP contribution >= 0.6 is 0 Å². The molecule has 0 aliphatic carbocycles. The lowest BCUT2D eigenvalue weighted by molar-refractivity contribution is 0.0683. The Morgan fingerprint density at radius 2 is 1.97 bits per heavy atom. The van der Waals surface area contributed by atoms with Gasteiger partial charge in [0.25, 0.3) is 0 Å². The van der Waals surface area contributed by atoms with E-state index in [0.29, 0.717) is 18.0 Å². The molecule has 1 aliphatic rings. The Kier molecular flexibility index (Phi) is 8.34. The predicted molar refractivity (Wildman–Crippen MR) is 113 cm³/mol. The maximum Gasteiger partial charge on any atom is 0.161 e. The summed E-state index contributed by atoms with van der Waals surface area (Å²) in [5.74, 6) is 2.30. The fraction of sp³-hybridized carbons (Fsp3) is 0.591. The van der Waals surface area contributed by atoms with E-state index in [0.717, 1.165) is 37.6 Å². The highest BCUT2D eigenvalue weighted by Crippen LogP contribution is 2.28. The van der Waals surface area contributed by atoms with Crippen LogP contribution in [0.4, 0.5) is 0 Å². The fourth-order valence-corrected chi connectivity index (χ4v) is 3.79. The van der Waals surface area contributed by atoms with Crippen LogP contribution in [-0.2, 0) is 13.1 Å². The maximum atomic E-state index is 10.4. The summed E-state index contributed by atoms with van der Waals surface area (Å²) in [6.07, 6.45) is 8.12. The number of aliphatic hydroxyl groups is 1. The molecule has 0 radical (unpaired) electrons. The van der Waals surface area contributed by atoms with E-state index in [1.807, 2.05) is 24.4 Å². The minimum atomic E-state index is -0.503. The summed E-state index contributed by atoms with van der Waals surface area (Å²) in [5, 5.41) is 10.4. The Labute approximate surface area is 173 Å². The van der Waals surface area contributed by atoms with Crippen LogP contribution in [0.3, 0.4) is 0 Å². The van der Waals surface area contributed by atoms with Gasteiger partial charge in [-0.05, 0) is 50.7 Å². The molecule has 1 fully saturated rings. The van der Waals surface area contributed by atoms with Gasteiger partial charge in [-0.2, -0.15) is 0 Å². The lowest BCUT2D eigenvalue weighted by Gasteiger charge is -2.23. The number of rotatable bonds is 10. The maximum absolute atomic E-state index is 10.4. The zero-order chi connectivity index (χ0) is 20.5. The molecular weight excluding hydrogens is 368 g/mol. The number of aromatic nitrogens is 2. The molecule has 0 bridgehead atoms. The van der Waals surface area contributed by atoms with Crippen molar-refractivity contribution >= 4 is 0 Å². The number of H-pyrrole nitrogens is 1. The van der Waals surface area contributed by atoms with Crippen molar-refractivity contribution in [3.8, 4) is 11.5 Å². The van der Waals surface area contributed by atoms with Crippen LogP contribution in [-0.4, -0.2) is 71.4 Å². The molecule has 1 aliphatic heterocycles. The molecule has 1 aromatic carbocycles. The third-order valence-electron chi connectivity index (χ3n) is 5.25. The summed E-state index contributed by atoms with van der Waals surface area (Å²) < 4.78 is 11.4. The molecule has 0 amide bonds. The quantitative estimate of drug-likeness (QED) is 0.637. The molecule has 2 N–H and O–H groups in total. The Hall–Kier alpha value is -2.09. The molecular formula is C22H34N4O3. The van der Waals surface area contributed by atoms with Crippen molar-refractivity contribution in [2.75, 3.05) is 40.4 Å².